The van der Waals surface area contributed by atoms with Gasteiger partial charge in [0.15, 0.2) is 0 Å². The zero-order valence-corrected chi connectivity index (χ0v) is 11.3. The molecule has 0 N–H and O–H groups in total. The van der Waals surface area contributed by atoms with Crippen LogP contribution >= 0.6 is 15.9 Å². The van der Waals surface area contributed by atoms with E-state index < -0.39 is 17.6 Å². The molecule has 0 saturated carbocycles. The lowest BCUT2D eigenvalue weighted by Crippen LogP contribution is -2.27. The van der Waals surface area contributed by atoms with E-state index in [1.54, 1.807) is 0 Å². The topological polar surface area (TPSA) is 20.3 Å². The summed E-state index contributed by atoms with van der Waals surface area (Å²) in [6, 6.07) is 2.36. The van der Waals surface area contributed by atoms with Crippen LogP contribution in [-0.4, -0.2) is 17.8 Å². The highest BCUT2D eigenvalue weighted by molar-refractivity contribution is 9.09. The molecule has 1 heterocycles. The number of hydrogen-bond donors (Lipinski definition) is 0. The maximum atomic E-state index is 13.0. The summed E-state index contributed by atoms with van der Waals surface area (Å²) in [6.45, 7) is 0.207. The lowest BCUT2D eigenvalue weighted by molar-refractivity contribution is -0.137. The molecule has 19 heavy (non-hydrogen) atoms. The van der Waals surface area contributed by atoms with Gasteiger partial charge in [-0.05, 0) is 24.1 Å². The van der Waals surface area contributed by atoms with Crippen LogP contribution in [0, 0.1) is 11.7 Å². The van der Waals surface area contributed by atoms with Gasteiger partial charge >= 0.3 is 6.18 Å². The maximum absolute atomic E-state index is 13.0. The molecule has 0 aliphatic carbocycles. The van der Waals surface area contributed by atoms with Gasteiger partial charge in [0.1, 0.15) is 5.82 Å². The van der Waals surface area contributed by atoms with E-state index in [-0.39, 0.29) is 30.5 Å². The quantitative estimate of drug-likeness (QED) is 0.595. The van der Waals surface area contributed by atoms with Gasteiger partial charge in [-0.15, -0.1) is 0 Å². The van der Waals surface area contributed by atoms with Crippen LogP contribution in [0.2, 0.25) is 0 Å². The van der Waals surface area contributed by atoms with E-state index >= 15 is 0 Å². The van der Waals surface area contributed by atoms with Crippen LogP contribution < -0.4 is 4.90 Å². The zero-order valence-electron chi connectivity index (χ0n) is 9.68. The third kappa shape index (κ3) is 2.91. The molecule has 0 aromatic heterocycles. The van der Waals surface area contributed by atoms with Gasteiger partial charge in [-0.25, -0.2) is 4.39 Å². The molecule has 1 aromatic rings. The van der Waals surface area contributed by atoms with Crippen LogP contribution in [0.1, 0.15) is 12.0 Å². The monoisotopic (exact) mass is 339 g/mol. The van der Waals surface area contributed by atoms with Gasteiger partial charge < -0.3 is 4.90 Å². The lowest BCUT2D eigenvalue weighted by Gasteiger charge is -2.21. The van der Waals surface area contributed by atoms with Crippen LogP contribution in [-0.2, 0) is 11.0 Å². The Morgan fingerprint density at radius 2 is 2.05 bits per heavy atom. The summed E-state index contributed by atoms with van der Waals surface area (Å²) in [5, 5.41) is 0.539. The van der Waals surface area contributed by atoms with E-state index in [2.05, 4.69) is 15.9 Å². The molecule has 7 heteroatoms. The highest BCUT2D eigenvalue weighted by atomic mass is 79.9. The molecule has 1 fully saturated rings. The van der Waals surface area contributed by atoms with Crippen molar-refractivity contribution in [2.45, 2.75) is 12.6 Å². The molecule has 1 aliphatic heterocycles. The summed E-state index contributed by atoms with van der Waals surface area (Å²) in [5.74, 6) is -1.38. The van der Waals surface area contributed by atoms with Crippen molar-refractivity contribution in [3.63, 3.8) is 0 Å². The number of hydrogen-bond acceptors (Lipinski definition) is 1. The average molecular weight is 340 g/mol. The number of carbonyl (C=O) groups excluding carboxylic acids is 1. The predicted molar refractivity (Wildman–Crippen MR) is 65.7 cm³/mol. The lowest BCUT2D eigenvalue weighted by atomic mass is 10.1. The Kier molecular flexibility index (Phi) is 3.85. The Morgan fingerprint density at radius 1 is 1.37 bits per heavy atom. The minimum absolute atomic E-state index is 0.0290. The molecule has 1 aromatic carbocycles. The van der Waals surface area contributed by atoms with Crippen molar-refractivity contribution in [2.24, 2.45) is 5.92 Å². The molecule has 0 radical (unpaired) electrons. The first-order valence-corrected chi connectivity index (χ1v) is 6.68. The average Bonchev–Trinajstić information content (AvgIpc) is 2.69. The van der Waals surface area contributed by atoms with Crippen molar-refractivity contribution in [1.29, 1.82) is 0 Å². The summed E-state index contributed by atoms with van der Waals surface area (Å²) in [6.07, 6.45) is -4.50. The maximum Gasteiger partial charge on any atom is 0.418 e. The molecule has 2 rings (SSSR count). The number of nitrogens with zero attached hydrogens (tertiary/aromatic N) is 1. The second-order valence-electron chi connectivity index (χ2n) is 4.39. The van der Waals surface area contributed by atoms with Crippen LogP contribution in [0.15, 0.2) is 18.2 Å². The smallest absolute Gasteiger partial charge is 0.311 e. The standard InChI is InChI=1S/C12H10BrF4NO/c13-5-7-3-11(19)18(6-7)10-2-1-8(14)4-9(10)12(15,16)17/h1-2,4,7H,3,5-6H2. The molecule has 1 aliphatic rings. The number of anilines is 1. The molecule has 0 spiro atoms. The number of rotatable bonds is 2. The summed E-state index contributed by atoms with van der Waals surface area (Å²) in [7, 11) is 0. The highest BCUT2D eigenvalue weighted by Gasteiger charge is 2.39. The van der Waals surface area contributed by atoms with Gasteiger partial charge in [0, 0.05) is 18.3 Å². The van der Waals surface area contributed by atoms with E-state index in [4.69, 9.17) is 0 Å². The first kappa shape index (κ1) is 14.3. The SMILES string of the molecule is O=C1CC(CBr)CN1c1ccc(F)cc1C(F)(F)F. The van der Waals surface area contributed by atoms with Gasteiger partial charge in [0.2, 0.25) is 5.91 Å². The summed E-state index contributed by atoms with van der Waals surface area (Å²) in [5.41, 5.74) is -1.39. The van der Waals surface area contributed by atoms with E-state index in [1.807, 2.05) is 0 Å². The van der Waals surface area contributed by atoms with Crippen LogP contribution in [0.4, 0.5) is 23.2 Å². The molecule has 104 valence electrons. The summed E-state index contributed by atoms with van der Waals surface area (Å²) >= 11 is 3.21. The predicted octanol–water partition coefficient (Wildman–Crippen LogP) is 3.59. The Hall–Kier alpha value is -1.11. The van der Waals surface area contributed by atoms with Crippen molar-refractivity contribution in [2.75, 3.05) is 16.8 Å². The van der Waals surface area contributed by atoms with Gasteiger partial charge in [0.25, 0.3) is 0 Å². The third-order valence-corrected chi connectivity index (χ3v) is 3.89. The van der Waals surface area contributed by atoms with Crippen molar-refractivity contribution in [3.05, 3.63) is 29.6 Å². The number of halogens is 5. The molecule has 0 bridgehead atoms. The molecular weight excluding hydrogens is 330 g/mol. The summed E-state index contributed by atoms with van der Waals surface area (Å²) < 4.78 is 51.6. The largest absolute Gasteiger partial charge is 0.418 e. The Morgan fingerprint density at radius 3 is 2.58 bits per heavy atom. The summed E-state index contributed by atoms with van der Waals surface area (Å²) in [4.78, 5) is 12.8. The number of benzene rings is 1. The number of carbonyl (C=O) groups is 1. The Balaban J connectivity index is 2.43. The third-order valence-electron chi connectivity index (χ3n) is 2.98. The first-order chi connectivity index (χ1) is 8.82. The van der Waals surface area contributed by atoms with Crippen molar-refractivity contribution >= 4 is 27.5 Å². The fourth-order valence-corrected chi connectivity index (χ4v) is 2.52. The first-order valence-electron chi connectivity index (χ1n) is 5.56. The van der Waals surface area contributed by atoms with Gasteiger partial charge in [-0.1, -0.05) is 15.9 Å². The molecule has 1 unspecified atom stereocenters. The van der Waals surface area contributed by atoms with Gasteiger partial charge in [-0.2, -0.15) is 13.2 Å². The number of amides is 1. The minimum Gasteiger partial charge on any atom is -0.311 e. The van der Waals surface area contributed by atoms with E-state index in [0.29, 0.717) is 11.4 Å². The van der Waals surface area contributed by atoms with Crippen molar-refractivity contribution in [3.8, 4) is 0 Å². The number of alkyl halides is 4. The minimum atomic E-state index is -4.69. The Labute approximate surface area is 115 Å². The van der Waals surface area contributed by atoms with Crippen LogP contribution in [0.25, 0.3) is 0 Å². The molecule has 1 amide bonds. The molecular formula is C12H10BrF4NO. The van der Waals surface area contributed by atoms with E-state index in [9.17, 15) is 22.4 Å². The van der Waals surface area contributed by atoms with E-state index in [0.717, 1.165) is 17.0 Å². The van der Waals surface area contributed by atoms with Gasteiger partial charge in [0.05, 0.1) is 11.3 Å². The van der Waals surface area contributed by atoms with Crippen LogP contribution in [0.3, 0.4) is 0 Å². The zero-order chi connectivity index (χ0) is 14.2. The van der Waals surface area contributed by atoms with E-state index in [1.165, 1.54) is 0 Å². The van der Waals surface area contributed by atoms with Crippen molar-refractivity contribution < 1.29 is 22.4 Å². The molecule has 2 nitrogen and oxygen atoms in total. The fourth-order valence-electron chi connectivity index (χ4n) is 2.09. The van der Waals surface area contributed by atoms with Gasteiger partial charge in [-0.3, -0.25) is 4.79 Å². The second kappa shape index (κ2) is 5.11. The molecule has 1 saturated heterocycles. The highest BCUT2D eigenvalue weighted by Crippen LogP contribution is 2.39. The second-order valence-corrected chi connectivity index (χ2v) is 5.04. The van der Waals surface area contributed by atoms with Crippen molar-refractivity contribution in [1.82, 2.24) is 0 Å². The fraction of sp³-hybridized carbons (Fsp3) is 0.417. The van der Waals surface area contributed by atoms with Crippen LogP contribution in [0.5, 0.6) is 0 Å². The Bertz CT molecular complexity index is 503. The normalized spacial score (nSPS) is 20.2. The molecule has 1 atom stereocenters.